The van der Waals surface area contributed by atoms with Crippen molar-refractivity contribution in [1.82, 2.24) is 20.2 Å². The summed E-state index contributed by atoms with van der Waals surface area (Å²) >= 11 is 13.1. The molecule has 0 unspecified atom stereocenters. The second-order valence-electron chi connectivity index (χ2n) is 7.11. The third-order valence-corrected chi connectivity index (χ3v) is 5.57. The number of aromatic nitrogens is 2. The predicted octanol–water partition coefficient (Wildman–Crippen LogP) is 4.27. The topological polar surface area (TPSA) is 93.1 Å². The van der Waals surface area contributed by atoms with Gasteiger partial charge in [0.15, 0.2) is 5.16 Å². The number of rotatable bonds is 6. The zero-order valence-corrected chi connectivity index (χ0v) is 19.1. The Morgan fingerprint density at radius 3 is 2.45 bits per heavy atom. The average molecular weight is 479 g/mol. The molecule has 0 fully saturated rings. The van der Waals surface area contributed by atoms with Crippen LogP contribution in [0, 0.1) is 5.92 Å². The monoisotopic (exact) mass is 478 g/mol. The van der Waals surface area contributed by atoms with Crippen molar-refractivity contribution in [2.24, 2.45) is 5.92 Å². The molecule has 3 rings (SSSR count). The highest BCUT2D eigenvalue weighted by atomic mass is 35.5. The minimum Gasteiger partial charge on any atom is -0.338 e. The van der Waals surface area contributed by atoms with Crippen LogP contribution >= 0.6 is 35.0 Å². The maximum absolute atomic E-state index is 13.2. The molecule has 0 saturated heterocycles. The summed E-state index contributed by atoms with van der Waals surface area (Å²) in [7, 11) is 0. The third-order valence-electron chi connectivity index (χ3n) is 4.14. The van der Waals surface area contributed by atoms with E-state index < -0.39 is 11.9 Å². The molecule has 0 saturated carbocycles. The number of hydrogen-bond acceptors (Lipinski definition) is 5. The van der Waals surface area contributed by atoms with Crippen LogP contribution in [0.5, 0.6) is 0 Å². The molecule has 1 heterocycles. The van der Waals surface area contributed by atoms with E-state index in [2.05, 4.69) is 15.6 Å². The van der Waals surface area contributed by atoms with Crippen molar-refractivity contribution >= 4 is 57.8 Å². The molecule has 10 heteroatoms. The number of fused-ring (bicyclic) bond motifs is 1. The minimum absolute atomic E-state index is 0.110. The Labute approximate surface area is 193 Å². The van der Waals surface area contributed by atoms with Crippen LogP contribution in [0.3, 0.4) is 0 Å². The number of amides is 3. The van der Waals surface area contributed by atoms with E-state index in [1.54, 1.807) is 42.5 Å². The number of urea groups is 1. The first-order valence-electron chi connectivity index (χ1n) is 9.43. The summed E-state index contributed by atoms with van der Waals surface area (Å²) in [5.74, 6) is -0.353. The molecule has 0 spiro atoms. The second kappa shape index (κ2) is 10.2. The zero-order valence-electron chi connectivity index (χ0n) is 16.8. The van der Waals surface area contributed by atoms with Gasteiger partial charge in [-0.25, -0.2) is 9.78 Å². The smallest absolute Gasteiger partial charge is 0.321 e. The number of nitrogens with zero attached hydrogens (tertiary/aromatic N) is 2. The summed E-state index contributed by atoms with van der Waals surface area (Å²) in [6.45, 7) is 4.35. The molecule has 0 atom stereocenters. The van der Waals surface area contributed by atoms with Crippen LogP contribution in [0.4, 0.5) is 4.79 Å². The largest absolute Gasteiger partial charge is 0.338 e. The zero-order chi connectivity index (χ0) is 22.5. The van der Waals surface area contributed by atoms with E-state index in [9.17, 15) is 14.4 Å². The normalized spacial score (nSPS) is 11.0. The fourth-order valence-electron chi connectivity index (χ4n) is 2.69. The van der Waals surface area contributed by atoms with E-state index in [0.717, 1.165) is 11.8 Å². The Morgan fingerprint density at radius 2 is 1.77 bits per heavy atom. The molecular formula is C21H20Cl2N4O3S. The van der Waals surface area contributed by atoms with Crippen molar-refractivity contribution < 1.29 is 9.59 Å². The number of halogens is 2. The Bertz CT molecular complexity index is 1180. The summed E-state index contributed by atoms with van der Waals surface area (Å²) < 4.78 is 1.41. The van der Waals surface area contributed by atoms with Crippen LogP contribution < -0.4 is 16.2 Å². The lowest BCUT2D eigenvalue weighted by atomic mass is 10.2. The maximum Gasteiger partial charge on any atom is 0.321 e. The molecule has 1 aromatic heterocycles. The fourth-order valence-corrected chi connectivity index (χ4v) is 3.79. The summed E-state index contributed by atoms with van der Waals surface area (Å²) in [6.07, 6.45) is 0. The van der Waals surface area contributed by atoms with E-state index in [0.29, 0.717) is 38.3 Å². The van der Waals surface area contributed by atoms with Crippen LogP contribution in [0.1, 0.15) is 13.8 Å². The lowest BCUT2D eigenvalue weighted by molar-refractivity contribution is -0.117. The number of thioether (sulfide) groups is 1. The number of imide groups is 1. The van der Waals surface area contributed by atoms with E-state index >= 15 is 0 Å². The summed E-state index contributed by atoms with van der Waals surface area (Å²) in [4.78, 5) is 41.7. The summed E-state index contributed by atoms with van der Waals surface area (Å²) in [6, 6.07) is 11.0. The van der Waals surface area contributed by atoms with E-state index in [1.165, 1.54) is 4.57 Å². The van der Waals surface area contributed by atoms with Gasteiger partial charge in [-0.05, 0) is 48.4 Å². The Hall–Kier alpha value is -2.55. The van der Waals surface area contributed by atoms with Gasteiger partial charge in [0.05, 0.1) is 22.3 Å². The molecular weight excluding hydrogens is 459 g/mol. The van der Waals surface area contributed by atoms with Crippen molar-refractivity contribution in [1.29, 1.82) is 0 Å². The Balaban J connectivity index is 1.90. The van der Waals surface area contributed by atoms with Crippen molar-refractivity contribution in [3.63, 3.8) is 0 Å². The molecule has 0 aliphatic rings. The van der Waals surface area contributed by atoms with Crippen LogP contribution in [0.2, 0.25) is 10.0 Å². The second-order valence-corrected chi connectivity index (χ2v) is 8.93. The molecule has 0 aliphatic heterocycles. The quantitative estimate of drug-likeness (QED) is 0.407. The number of hydrogen-bond donors (Lipinski definition) is 2. The summed E-state index contributed by atoms with van der Waals surface area (Å²) in [5, 5.41) is 6.54. The lowest BCUT2D eigenvalue weighted by Crippen LogP contribution is -2.41. The van der Waals surface area contributed by atoms with Crippen molar-refractivity contribution in [3.8, 4) is 5.69 Å². The van der Waals surface area contributed by atoms with Crippen molar-refractivity contribution in [3.05, 3.63) is 62.9 Å². The minimum atomic E-state index is -0.562. The molecule has 3 aromatic rings. The van der Waals surface area contributed by atoms with Gasteiger partial charge in [-0.2, -0.15) is 0 Å². The van der Waals surface area contributed by atoms with Gasteiger partial charge in [0.1, 0.15) is 0 Å². The molecule has 2 N–H and O–H groups in total. The standard InChI is InChI=1S/C21H20Cl2N4O3S/c1-12(2)10-24-20(30)26-18(28)11-31-21-25-17-9-14(23)5-8-16(17)19(29)27(21)15-6-3-13(22)4-7-15/h3-9,12H,10-11H2,1-2H3,(H2,24,26,28,30). The highest BCUT2D eigenvalue weighted by molar-refractivity contribution is 7.99. The van der Waals surface area contributed by atoms with Crippen LogP contribution in [0.25, 0.3) is 16.6 Å². The SMILES string of the molecule is CC(C)CNC(=O)NC(=O)CSc1nc2cc(Cl)ccc2c(=O)n1-c1ccc(Cl)cc1. The number of nitrogens with one attached hydrogen (secondary N) is 2. The van der Waals surface area contributed by atoms with E-state index in [-0.39, 0.29) is 17.2 Å². The van der Waals surface area contributed by atoms with Gasteiger partial charge in [0.2, 0.25) is 5.91 Å². The van der Waals surface area contributed by atoms with Gasteiger partial charge >= 0.3 is 6.03 Å². The van der Waals surface area contributed by atoms with Gasteiger partial charge < -0.3 is 5.32 Å². The first-order valence-corrected chi connectivity index (χ1v) is 11.2. The highest BCUT2D eigenvalue weighted by Crippen LogP contribution is 2.23. The predicted molar refractivity (Wildman–Crippen MR) is 124 cm³/mol. The molecule has 0 aliphatic carbocycles. The van der Waals surface area contributed by atoms with Crippen LogP contribution in [-0.4, -0.2) is 33.8 Å². The van der Waals surface area contributed by atoms with Gasteiger partial charge in [0, 0.05) is 16.6 Å². The van der Waals surface area contributed by atoms with Gasteiger partial charge in [-0.3, -0.25) is 19.5 Å². The van der Waals surface area contributed by atoms with Crippen LogP contribution in [-0.2, 0) is 4.79 Å². The third kappa shape index (κ3) is 6.00. The lowest BCUT2D eigenvalue weighted by Gasteiger charge is -2.13. The number of benzene rings is 2. The first kappa shape index (κ1) is 23.1. The molecule has 3 amide bonds. The molecule has 31 heavy (non-hydrogen) atoms. The van der Waals surface area contributed by atoms with Gasteiger partial charge in [-0.1, -0.05) is 48.8 Å². The van der Waals surface area contributed by atoms with E-state index in [1.807, 2.05) is 13.8 Å². The molecule has 7 nitrogen and oxygen atoms in total. The van der Waals surface area contributed by atoms with Gasteiger partial charge in [0.25, 0.3) is 5.56 Å². The number of carbonyl (C=O) groups excluding carboxylic acids is 2. The Morgan fingerprint density at radius 1 is 1.10 bits per heavy atom. The Kier molecular flexibility index (Phi) is 7.59. The molecule has 0 radical (unpaired) electrons. The average Bonchev–Trinajstić information content (AvgIpc) is 2.71. The molecule has 162 valence electrons. The first-order chi connectivity index (χ1) is 14.7. The highest BCUT2D eigenvalue weighted by Gasteiger charge is 2.16. The van der Waals surface area contributed by atoms with Crippen molar-refractivity contribution in [2.45, 2.75) is 19.0 Å². The number of carbonyl (C=O) groups is 2. The molecule has 0 bridgehead atoms. The maximum atomic E-state index is 13.2. The van der Waals surface area contributed by atoms with Crippen LogP contribution in [0.15, 0.2) is 52.4 Å². The van der Waals surface area contributed by atoms with Gasteiger partial charge in [-0.15, -0.1) is 0 Å². The fraction of sp³-hybridized carbons (Fsp3) is 0.238. The summed E-state index contributed by atoms with van der Waals surface area (Å²) in [5.41, 5.74) is 0.665. The van der Waals surface area contributed by atoms with Crippen molar-refractivity contribution in [2.75, 3.05) is 12.3 Å². The molecule has 2 aromatic carbocycles. The van der Waals surface area contributed by atoms with E-state index in [4.69, 9.17) is 23.2 Å².